The van der Waals surface area contributed by atoms with E-state index >= 15 is 0 Å². The average molecular weight is 275 g/mol. The molecule has 0 radical (unpaired) electrons. The molecule has 1 aromatic rings. The monoisotopic (exact) mass is 274 g/mol. The Morgan fingerprint density at radius 1 is 1.53 bits per heavy atom. The minimum Gasteiger partial charge on any atom is -0.302 e. The normalized spacial score (nSPS) is 12.5. The van der Waals surface area contributed by atoms with Gasteiger partial charge in [-0.1, -0.05) is 31.4 Å². The lowest BCUT2D eigenvalue weighted by Gasteiger charge is -2.11. The number of hydrogen-bond donors (Lipinski definition) is 0. The van der Waals surface area contributed by atoms with Crippen molar-refractivity contribution in [3.8, 4) is 0 Å². The second-order valence-electron chi connectivity index (χ2n) is 3.97. The highest BCUT2D eigenvalue weighted by atomic mass is 35.5. The summed E-state index contributed by atoms with van der Waals surface area (Å²) in [5, 5.41) is 0.277. The first kappa shape index (κ1) is 14.5. The summed E-state index contributed by atoms with van der Waals surface area (Å²) < 4.78 is 13.2. The van der Waals surface area contributed by atoms with Gasteiger partial charge in [-0.15, -0.1) is 11.8 Å². The molecule has 0 N–H and O–H groups in total. The van der Waals surface area contributed by atoms with Gasteiger partial charge in [-0.3, -0.25) is 0 Å². The maximum atomic E-state index is 13.2. The fourth-order valence-electron chi connectivity index (χ4n) is 1.44. The van der Waals surface area contributed by atoms with Crippen LogP contribution >= 0.6 is 23.4 Å². The smallest absolute Gasteiger partial charge is 0.133 e. The Kier molecular flexibility index (Phi) is 6.00. The van der Waals surface area contributed by atoms with Gasteiger partial charge < -0.3 is 4.79 Å². The van der Waals surface area contributed by atoms with Crippen molar-refractivity contribution in [1.82, 2.24) is 0 Å². The maximum absolute atomic E-state index is 13.2. The van der Waals surface area contributed by atoms with Crippen molar-refractivity contribution in [3.63, 3.8) is 0 Å². The first-order valence-electron chi connectivity index (χ1n) is 5.66. The predicted octanol–water partition coefficient (Wildman–Crippen LogP) is 4.64. The zero-order valence-electron chi connectivity index (χ0n) is 10.0. The van der Waals surface area contributed by atoms with Gasteiger partial charge in [0.05, 0.1) is 10.3 Å². The highest BCUT2D eigenvalue weighted by molar-refractivity contribution is 8.00. The number of aryl methyl sites for hydroxylation is 1. The van der Waals surface area contributed by atoms with Gasteiger partial charge in [0.2, 0.25) is 0 Å². The molecule has 0 aromatic heterocycles. The van der Waals surface area contributed by atoms with E-state index in [1.165, 1.54) is 17.8 Å². The highest BCUT2D eigenvalue weighted by Gasteiger charge is 2.13. The molecular weight excluding hydrogens is 259 g/mol. The zero-order chi connectivity index (χ0) is 12.8. The van der Waals surface area contributed by atoms with Crippen LogP contribution in [0.4, 0.5) is 4.39 Å². The van der Waals surface area contributed by atoms with E-state index in [1.54, 1.807) is 13.0 Å². The average Bonchev–Trinajstić information content (AvgIpc) is 2.30. The summed E-state index contributed by atoms with van der Waals surface area (Å²) in [5.41, 5.74) is 0.553. The molecule has 0 bridgehead atoms. The van der Waals surface area contributed by atoms with Crippen LogP contribution in [0.1, 0.15) is 31.7 Å². The lowest BCUT2D eigenvalue weighted by Crippen LogP contribution is -2.04. The molecular formula is C13H16ClFOS. The van der Waals surface area contributed by atoms with Crippen LogP contribution < -0.4 is 0 Å². The largest absolute Gasteiger partial charge is 0.302 e. The van der Waals surface area contributed by atoms with Gasteiger partial charge in [0.25, 0.3) is 0 Å². The molecule has 0 heterocycles. The second-order valence-corrected chi connectivity index (χ2v) is 5.65. The van der Waals surface area contributed by atoms with Crippen molar-refractivity contribution in [1.29, 1.82) is 0 Å². The first-order chi connectivity index (χ1) is 8.08. The number of rotatable bonds is 6. The Morgan fingerprint density at radius 3 is 2.82 bits per heavy atom. The summed E-state index contributed by atoms with van der Waals surface area (Å²) >= 11 is 7.37. The summed E-state index contributed by atoms with van der Waals surface area (Å²) in [4.78, 5) is 11.7. The van der Waals surface area contributed by atoms with Gasteiger partial charge in [-0.2, -0.15) is 0 Å². The molecule has 1 unspecified atom stereocenters. The van der Waals surface area contributed by atoms with E-state index in [9.17, 15) is 9.18 Å². The fourth-order valence-corrected chi connectivity index (χ4v) is 2.81. The molecule has 0 aliphatic heterocycles. The molecule has 0 fully saturated rings. The third kappa shape index (κ3) is 4.32. The Morgan fingerprint density at radius 2 is 2.24 bits per heavy atom. The molecule has 94 valence electrons. The first-order valence-corrected chi connectivity index (χ1v) is 6.91. The lowest BCUT2D eigenvalue weighted by molar-refractivity contribution is -0.107. The second kappa shape index (κ2) is 7.02. The number of unbranched alkanes of at least 4 members (excludes halogenated alkanes) is 1. The number of carbonyl (C=O) groups is 1. The van der Waals surface area contributed by atoms with Gasteiger partial charge in [0.1, 0.15) is 12.1 Å². The molecule has 1 atom stereocenters. The van der Waals surface area contributed by atoms with Crippen LogP contribution in [0.5, 0.6) is 0 Å². The summed E-state index contributed by atoms with van der Waals surface area (Å²) in [7, 11) is 0. The molecule has 0 aliphatic rings. The summed E-state index contributed by atoms with van der Waals surface area (Å²) in [6.45, 7) is 3.78. The topological polar surface area (TPSA) is 17.1 Å². The number of thioether (sulfide) groups is 1. The minimum atomic E-state index is -0.310. The Balaban J connectivity index is 2.78. The third-order valence-electron chi connectivity index (χ3n) is 2.49. The van der Waals surface area contributed by atoms with E-state index in [4.69, 9.17) is 11.6 Å². The molecule has 1 aromatic carbocycles. The Bertz CT molecular complexity index is 395. The molecule has 0 saturated carbocycles. The van der Waals surface area contributed by atoms with Crippen molar-refractivity contribution in [2.75, 3.05) is 0 Å². The van der Waals surface area contributed by atoms with Crippen molar-refractivity contribution in [3.05, 3.63) is 28.5 Å². The van der Waals surface area contributed by atoms with Gasteiger partial charge >= 0.3 is 0 Å². The number of carbonyl (C=O) groups excluding carboxylic acids is 1. The molecule has 1 rings (SSSR count). The number of aldehydes is 1. The van der Waals surface area contributed by atoms with Gasteiger partial charge in [-0.05, 0) is 31.0 Å². The SMILES string of the molecule is CCCCC(C=O)Sc1cc(C)c(F)cc1Cl. The minimum absolute atomic E-state index is 0.0997. The van der Waals surface area contributed by atoms with Crippen LogP contribution in [-0.4, -0.2) is 11.5 Å². The Labute approximate surface area is 111 Å². The van der Waals surface area contributed by atoms with Crippen molar-refractivity contribution >= 4 is 29.6 Å². The molecule has 1 nitrogen and oxygen atoms in total. The molecule has 17 heavy (non-hydrogen) atoms. The number of halogens is 2. The van der Waals surface area contributed by atoms with Crippen LogP contribution in [0.3, 0.4) is 0 Å². The summed E-state index contributed by atoms with van der Waals surface area (Å²) in [5.74, 6) is -0.310. The van der Waals surface area contributed by atoms with E-state index in [2.05, 4.69) is 6.92 Å². The van der Waals surface area contributed by atoms with E-state index < -0.39 is 0 Å². The van der Waals surface area contributed by atoms with Crippen LogP contribution in [0.2, 0.25) is 5.02 Å². The molecule has 0 aliphatic carbocycles. The van der Waals surface area contributed by atoms with E-state index in [1.807, 2.05) is 0 Å². The van der Waals surface area contributed by atoms with E-state index in [-0.39, 0.29) is 11.1 Å². The predicted molar refractivity (Wildman–Crippen MR) is 71.4 cm³/mol. The number of benzene rings is 1. The molecule has 0 saturated heterocycles. The standard InChI is InChI=1S/C13H16ClFOS/c1-3-4-5-10(8-16)17-13-6-9(2)12(15)7-11(13)14/h6-8,10H,3-5H2,1-2H3. The van der Waals surface area contributed by atoms with Crippen molar-refractivity contribution < 1.29 is 9.18 Å². The fraction of sp³-hybridized carbons (Fsp3) is 0.462. The van der Waals surface area contributed by atoms with Crippen LogP contribution in [0, 0.1) is 12.7 Å². The quantitative estimate of drug-likeness (QED) is 0.555. The molecule has 0 spiro atoms. The van der Waals surface area contributed by atoms with Gasteiger partial charge in [0, 0.05) is 4.90 Å². The summed E-state index contributed by atoms with van der Waals surface area (Å²) in [6, 6.07) is 3.01. The maximum Gasteiger partial charge on any atom is 0.133 e. The lowest BCUT2D eigenvalue weighted by atomic mass is 10.2. The van der Waals surface area contributed by atoms with Gasteiger partial charge in [-0.25, -0.2) is 4.39 Å². The van der Waals surface area contributed by atoms with E-state index in [0.717, 1.165) is 30.4 Å². The zero-order valence-corrected chi connectivity index (χ0v) is 11.6. The molecule has 0 amide bonds. The van der Waals surface area contributed by atoms with Crippen molar-refractivity contribution in [2.24, 2.45) is 0 Å². The highest BCUT2D eigenvalue weighted by Crippen LogP contribution is 2.33. The van der Waals surface area contributed by atoms with E-state index in [0.29, 0.717) is 10.6 Å². The number of hydrogen-bond acceptors (Lipinski definition) is 2. The van der Waals surface area contributed by atoms with Crippen LogP contribution in [-0.2, 0) is 4.79 Å². The Hall–Kier alpha value is -0.540. The molecule has 4 heteroatoms. The third-order valence-corrected chi connectivity index (χ3v) is 4.15. The van der Waals surface area contributed by atoms with Gasteiger partial charge in [0.15, 0.2) is 0 Å². The summed E-state index contributed by atoms with van der Waals surface area (Å²) in [6.07, 6.45) is 3.84. The van der Waals surface area contributed by atoms with Crippen LogP contribution in [0.15, 0.2) is 17.0 Å². The van der Waals surface area contributed by atoms with Crippen molar-refractivity contribution in [2.45, 2.75) is 43.3 Å². The van der Waals surface area contributed by atoms with Crippen LogP contribution in [0.25, 0.3) is 0 Å².